The largest absolute Gasteiger partial charge is 0.393 e. The first-order chi connectivity index (χ1) is 7.65. The van der Waals surface area contributed by atoms with Crippen LogP contribution in [0, 0.1) is 11.8 Å². The number of nitrogens with one attached hydrogen (secondary N) is 1. The van der Waals surface area contributed by atoms with Crippen LogP contribution >= 0.6 is 0 Å². The van der Waals surface area contributed by atoms with Crippen molar-refractivity contribution in [2.24, 2.45) is 17.6 Å². The van der Waals surface area contributed by atoms with Gasteiger partial charge in [0.25, 0.3) is 0 Å². The lowest BCUT2D eigenvalue weighted by Crippen LogP contribution is -2.31. The Morgan fingerprint density at radius 3 is 2.81 bits per heavy atom. The average Bonchev–Trinajstić information content (AvgIpc) is 2.69. The Bertz CT molecular complexity index is 217. The van der Waals surface area contributed by atoms with Crippen LogP contribution in [0.5, 0.6) is 0 Å². The third kappa shape index (κ3) is 4.49. The van der Waals surface area contributed by atoms with E-state index in [-0.39, 0.29) is 12.0 Å². The number of carbonyl (C=O) groups is 1. The molecular formula is C12H24N2O2. The summed E-state index contributed by atoms with van der Waals surface area (Å²) in [5.41, 5.74) is 5.56. The molecule has 1 rings (SSSR count). The van der Waals surface area contributed by atoms with Gasteiger partial charge in [-0.2, -0.15) is 0 Å². The predicted octanol–water partition coefficient (Wildman–Crippen LogP) is 0.639. The predicted molar refractivity (Wildman–Crippen MR) is 63.8 cm³/mol. The van der Waals surface area contributed by atoms with Gasteiger partial charge < -0.3 is 16.2 Å². The maximum absolute atomic E-state index is 11.6. The van der Waals surface area contributed by atoms with Crippen molar-refractivity contribution in [2.75, 3.05) is 13.1 Å². The molecule has 0 radical (unpaired) electrons. The zero-order valence-corrected chi connectivity index (χ0v) is 10.1. The van der Waals surface area contributed by atoms with E-state index < -0.39 is 0 Å². The van der Waals surface area contributed by atoms with E-state index in [9.17, 15) is 9.90 Å². The fourth-order valence-corrected chi connectivity index (χ4v) is 2.22. The lowest BCUT2D eigenvalue weighted by Gasteiger charge is -2.14. The van der Waals surface area contributed by atoms with Gasteiger partial charge in [0.05, 0.1) is 6.10 Å². The number of hydrogen-bond donors (Lipinski definition) is 3. The van der Waals surface area contributed by atoms with E-state index in [2.05, 4.69) is 12.2 Å². The maximum Gasteiger partial charge on any atom is 0.220 e. The molecule has 0 aliphatic heterocycles. The van der Waals surface area contributed by atoms with Crippen LogP contribution in [0.25, 0.3) is 0 Å². The summed E-state index contributed by atoms with van der Waals surface area (Å²) in [5.74, 6) is 0.852. The highest BCUT2D eigenvalue weighted by Crippen LogP contribution is 2.24. The van der Waals surface area contributed by atoms with Gasteiger partial charge in [-0.3, -0.25) is 4.79 Å². The molecule has 0 spiro atoms. The molecule has 0 heterocycles. The minimum absolute atomic E-state index is 0.0960. The molecule has 1 aliphatic rings. The fourth-order valence-electron chi connectivity index (χ4n) is 2.22. The van der Waals surface area contributed by atoms with Crippen LogP contribution in [-0.4, -0.2) is 30.2 Å². The van der Waals surface area contributed by atoms with Crippen LogP contribution in [0.1, 0.15) is 39.0 Å². The van der Waals surface area contributed by atoms with Crippen LogP contribution in [0.4, 0.5) is 0 Å². The molecule has 4 heteroatoms. The van der Waals surface area contributed by atoms with Gasteiger partial charge in [0.1, 0.15) is 0 Å². The minimum Gasteiger partial charge on any atom is -0.393 e. The van der Waals surface area contributed by atoms with Gasteiger partial charge >= 0.3 is 0 Å². The van der Waals surface area contributed by atoms with Gasteiger partial charge in [-0.1, -0.05) is 13.3 Å². The highest BCUT2D eigenvalue weighted by molar-refractivity contribution is 5.76. The number of hydrogen-bond acceptors (Lipinski definition) is 3. The van der Waals surface area contributed by atoms with Crippen molar-refractivity contribution in [1.82, 2.24) is 5.32 Å². The summed E-state index contributed by atoms with van der Waals surface area (Å²) in [6, 6.07) is 0. The van der Waals surface area contributed by atoms with Crippen LogP contribution in [0.3, 0.4) is 0 Å². The normalized spacial score (nSPS) is 26.7. The summed E-state index contributed by atoms with van der Waals surface area (Å²) < 4.78 is 0. The number of rotatable bonds is 6. The van der Waals surface area contributed by atoms with Crippen molar-refractivity contribution in [1.29, 1.82) is 0 Å². The standard InChI is InChI=1S/C12H24N2O2/c1-2-9(7-13)6-12(16)14-8-10-3-4-11(15)5-10/h9-11,15H,2-8,13H2,1H3,(H,14,16). The molecule has 0 aromatic heterocycles. The molecule has 0 bridgehead atoms. The molecular weight excluding hydrogens is 204 g/mol. The molecule has 0 saturated heterocycles. The summed E-state index contributed by atoms with van der Waals surface area (Å²) in [7, 11) is 0. The minimum atomic E-state index is -0.158. The van der Waals surface area contributed by atoms with E-state index in [0.29, 0.717) is 31.3 Å². The fraction of sp³-hybridized carbons (Fsp3) is 0.917. The Kier molecular flexibility index (Phi) is 5.77. The van der Waals surface area contributed by atoms with Crippen LogP contribution in [0.2, 0.25) is 0 Å². The van der Waals surface area contributed by atoms with Crippen molar-refractivity contribution in [3.8, 4) is 0 Å². The summed E-state index contributed by atoms with van der Waals surface area (Å²) in [5, 5.41) is 12.3. The summed E-state index contributed by atoms with van der Waals surface area (Å²) in [4.78, 5) is 11.6. The molecule has 4 N–H and O–H groups in total. The maximum atomic E-state index is 11.6. The number of nitrogens with two attached hydrogens (primary N) is 1. The molecule has 4 nitrogen and oxygen atoms in total. The van der Waals surface area contributed by atoms with Crippen LogP contribution in [-0.2, 0) is 4.79 Å². The molecule has 94 valence electrons. The quantitative estimate of drug-likeness (QED) is 0.624. The first-order valence-corrected chi connectivity index (χ1v) is 6.30. The first-order valence-electron chi connectivity index (χ1n) is 6.30. The van der Waals surface area contributed by atoms with E-state index in [1.165, 1.54) is 0 Å². The van der Waals surface area contributed by atoms with Crippen molar-refractivity contribution >= 4 is 5.91 Å². The monoisotopic (exact) mass is 228 g/mol. The van der Waals surface area contributed by atoms with Gasteiger partial charge in [0, 0.05) is 13.0 Å². The average molecular weight is 228 g/mol. The van der Waals surface area contributed by atoms with E-state index in [4.69, 9.17) is 5.73 Å². The topological polar surface area (TPSA) is 75.4 Å². The summed E-state index contributed by atoms with van der Waals surface area (Å²) in [6.07, 6.45) is 4.05. The van der Waals surface area contributed by atoms with E-state index >= 15 is 0 Å². The molecule has 3 atom stereocenters. The van der Waals surface area contributed by atoms with Gasteiger partial charge in [-0.15, -0.1) is 0 Å². The van der Waals surface area contributed by atoms with E-state index in [0.717, 1.165) is 25.7 Å². The second kappa shape index (κ2) is 6.86. The zero-order chi connectivity index (χ0) is 12.0. The molecule has 0 aromatic carbocycles. The lowest BCUT2D eigenvalue weighted by molar-refractivity contribution is -0.122. The lowest BCUT2D eigenvalue weighted by atomic mass is 10.0. The Hall–Kier alpha value is -0.610. The zero-order valence-electron chi connectivity index (χ0n) is 10.1. The highest BCUT2D eigenvalue weighted by atomic mass is 16.3. The Labute approximate surface area is 97.6 Å². The number of aliphatic hydroxyl groups is 1. The third-order valence-corrected chi connectivity index (χ3v) is 3.49. The molecule has 1 amide bonds. The van der Waals surface area contributed by atoms with Crippen molar-refractivity contribution < 1.29 is 9.90 Å². The SMILES string of the molecule is CCC(CN)CC(=O)NCC1CCC(O)C1. The molecule has 3 unspecified atom stereocenters. The molecule has 1 saturated carbocycles. The van der Waals surface area contributed by atoms with Crippen molar-refractivity contribution in [2.45, 2.75) is 45.1 Å². The Morgan fingerprint density at radius 1 is 1.56 bits per heavy atom. The second-order valence-electron chi connectivity index (χ2n) is 4.85. The van der Waals surface area contributed by atoms with Crippen LogP contribution < -0.4 is 11.1 Å². The molecule has 1 fully saturated rings. The highest BCUT2D eigenvalue weighted by Gasteiger charge is 2.23. The molecule has 1 aliphatic carbocycles. The summed E-state index contributed by atoms with van der Waals surface area (Å²) >= 11 is 0. The van der Waals surface area contributed by atoms with Crippen molar-refractivity contribution in [3.05, 3.63) is 0 Å². The number of carbonyl (C=O) groups excluding carboxylic acids is 1. The van der Waals surface area contributed by atoms with Gasteiger partial charge in [-0.05, 0) is 37.6 Å². The van der Waals surface area contributed by atoms with E-state index in [1.54, 1.807) is 0 Å². The van der Waals surface area contributed by atoms with Crippen LogP contribution in [0.15, 0.2) is 0 Å². The molecule has 16 heavy (non-hydrogen) atoms. The third-order valence-electron chi connectivity index (χ3n) is 3.49. The second-order valence-corrected chi connectivity index (χ2v) is 4.85. The van der Waals surface area contributed by atoms with Gasteiger partial charge in [0.15, 0.2) is 0 Å². The Balaban J connectivity index is 2.14. The smallest absolute Gasteiger partial charge is 0.220 e. The van der Waals surface area contributed by atoms with Crippen molar-refractivity contribution in [3.63, 3.8) is 0 Å². The van der Waals surface area contributed by atoms with E-state index in [1.807, 2.05) is 0 Å². The number of aliphatic hydroxyl groups excluding tert-OH is 1. The van der Waals surface area contributed by atoms with Gasteiger partial charge in [-0.25, -0.2) is 0 Å². The molecule has 0 aromatic rings. The Morgan fingerprint density at radius 2 is 2.31 bits per heavy atom. The first kappa shape index (κ1) is 13.5. The van der Waals surface area contributed by atoms with Gasteiger partial charge in [0.2, 0.25) is 5.91 Å². The summed E-state index contributed by atoms with van der Waals surface area (Å²) in [6.45, 7) is 3.33. The number of amides is 1.